The van der Waals surface area contributed by atoms with E-state index >= 15 is 0 Å². The second-order valence-electron chi connectivity index (χ2n) is 6.86. The molecular weight excluding hydrogens is 340 g/mol. The zero-order valence-electron chi connectivity index (χ0n) is 15.7. The van der Waals surface area contributed by atoms with Crippen molar-refractivity contribution in [3.63, 3.8) is 0 Å². The molecule has 0 spiro atoms. The molecule has 3 aromatic heterocycles. The molecule has 3 heterocycles. The van der Waals surface area contributed by atoms with E-state index < -0.39 is 0 Å². The number of ether oxygens (including phenoxy) is 2. The summed E-state index contributed by atoms with van der Waals surface area (Å²) in [6.45, 7) is 4.44. The number of pyridine rings is 2. The average molecular weight is 362 g/mol. The van der Waals surface area contributed by atoms with Gasteiger partial charge in [0.15, 0.2) is 0 Å². The summed E-state index contributed by atoms with van der Waals surface area (Å²) in [4.78, 5) is 17.7. The van der Waals surface area contributed by atoms with E-state index in [0.717, 1.165) is 34.7 Å². The highest BCUT2D eigenvalue weighted by Gasteiger charge is 2.40. The molecule has 2 atom stereocenters. The van der Waals surface area contributed by atoms with Gasteiger partial charge in [-0.25, -0.2) is 4.98 Å². The molecule has 0 saturated heterocycles. The summed E-state index contributed by atoms with van der Waals surface area (Å²) in [6, 6.07) is 7.98. The third-order valence-electron chi connectivity index (χ3n) is 4.83. The van der Waals surface area contributed by atoms with Crippen LogP contribution in [0.1, 0.15) is 29.6 Å². The van der Waals surface area contributed by atoms with Crippen molar-refractivity contribution in [2.75, 3.05) is 13.7 Å². The van der Waals surface area contributed by atoms with E-state index in [1.807, 2.05) is 44.3 Å². The van der Waals surface area contributed by atoms with Gasteiger partial charge in [0.2, 0.25) is 5.88 Å². The lowest BCUT2D eigenvalue weighted by molar-refractivity contribution is 0.285. The lowest BCUT2D eigenvalue weighted by Crippen LogP contribution is -2.05. The molecule has 0 bridgehead atoms. The van der Waals surface area contributed by atoms with Crippen LogP contribution in [0.4, 0.5) is 0 Å². The lowest BCUT2D eigenvalue weighted by atomic mass is 10.1. The van der Waals surface area contributed by atoms with Gasteiger partial charge < -0.3 is 9.47 Å². The Morgan fingerprint density at radius 1 is 1.00 bits per heavy atom. The monoisotopic (exact) mass is 362 g/mol. The van der Waals surface area contributed by atoms with Gasteiger partial charge in [0.25, 0.3) is 0 Å². The average Bonchev–Trinajstić information content (AvgIpc) is 3.47. The van der Waals surface area contributed by atoms with Crippen molar-refractivity contribution in [1.82, 2.24) is 19.9 Å². The van der Waals surface area contributed by atoms with E-state index in [0.29, 0.717) is 30.1 Å². The molecule has 3 aromatic rings. The first-order valence-electron chi connectivity index (χ1n) is 9.03. The lowest BCUT2D eigenvalue weighted by Gasteiger charge is -2.11. The van der Waals surface area contributed by atoms with E-state index in [2.05, 4.69) is 19.9 Å². The van der Waals surface area contributed by atoms with Crippen LogP contribution in [0.2, 0.25) is 0 Å². The van der Waals surface area contributed by atoms with Crippen molar-refractivity contribution in [3.05, 3.63) is 60.1 Å². The van der Waals surface area contributed by atoms with Crippen molar-refractivity contribution in [2.24, 2.45) is 5.92 Å². The molecular formula is C21H22N4O2. The first kappa shape index (κ1) is 17.4. The molecule has 1 saturated carbocycles. The summed E-state index contributed by atoms with van der Waals surface area (Å²) in [6.07, 6.45) is 6.48. The zero-order chi connectivity index (χ0) is 18.8. The topological polar surface area (TPSA) is 70.0 Å². The van der Waals surface area contributed by atoms with Crippen LogP contribution in [0.25, 0.3) is 11.1 Å². The molecule has 6 heteroatoms. The van der Waals surface area contributed by atoms with Crippen LogP contribution in [-0.4, -0.2) is 33.7 Å². The molecule has 0 radical (unpaired) electrons. The van der Waals surface area contributed by atoms with Crippen molar-refractivity contribution >= 4 is 0 Å². The largest absolute Gasteiger partial charge is 0.495 e. The standard InChI is InChI=1S/C21H22N4O2/c1-13-4-5-15(9-22-13)19-11-23-14(2)25-21(19)27-12-16-8-18(16)20-7-6-17(26-3)10-24-20/h4-7,9-11,16,18H,8,12H2,1-3H3/t16-,18+/m1/s1. The van der Waals surface area contributed by atoms with Crippen LogP contribution < -0.4 is 9.47 Å². The summed E-state index contributed by atoms with van der Waals surface area (Å²) in [7, 11) is 1.65. The zero-order valence-corrected chi connectivity index (χ0v) is 15.7. The molecule has 0 aliphatic heterocycles. The molecule has 4 rings (SSSR count). The van der Waals surface area contributed by atoms with Gasteiger partial charge in [-0.2, -0.15) is 4.98 Å². The number of hydrogen-bond acceptors (Lipinski definition) is 6. The molecule has 0 amide bonds. The van der Waals surface area contributed by atoms with Gasteiger partial charge in [-0.3, -0.25) is 9.97 Å². The minimum absolute atomic E-state index is 0.434. The Labute approximate surface area is 158 Å². The van der Waals surface area contributed by atoms with Crippen LogP contribution in [-0.2, 0) is 0 Å². The highest BCUT2D eigenvalue weighted by molar-refractivity contribution is 5.66. The molecule has 138 valence electrons. The highest BCUT2D eigenvalue weighted by Crippen LogP contribution is 2.47. The fraction of sp³-hybridized carbons (Fsp3) is 0.333. The molecule has 0 N–H and O–H groups in total. The number of nitrogens with zero attached hydrogens (tertiary/aromatic N) is 4. The van der Waals surface area contributed by atoms with Gasteiger partial charge in [-0.1, -0.05) is 6.07 Å². The van der Waals surface area contributed by atoms with Crippen molar-refractivity contribution < 1.29 is 9.47 Å². The number of hydrogen-bond donors (Lipinski definition) is 0. The van der Waals surface area contributed by atoms with Crippen LogP contribution in [0.3, 0.4) is 0 Å². The molecule has 1 aliphatic rings. The molecule has 6 nitrogen and oxygen atoms in total. The maximum atomic E-state index is 6.09. The molecule has 0 aromatic carbocycles. The van der Waals surface area contributed by atoms with E-state index in [4.69, 9.17) is 9.47 Å². The minimum atomic E-state index is 0.434. The smallest absolute Gasteiger partial charge is 0.224 e. The fourth-order valence-electron chi connectivity index (χ4n) is 3.10. The SMILES string of the molecule is COc1ccc([C@H]2C[C@@H]2COc2nc(C)ncc2-c2ccc(C)nc2)nc1. The van der Waals surface area contributed by atoms with Crippen LogP contribution in [0.5, 0.6) is 11.6 Å². The maximum absolute atomic E-state index is 6.09. The maximum Gasteiger partial charge on any atom is 0.224 e. The Morgan fingerprint density at radius 3 is 2.59 bits per heavy atom. The predicted octanol–water partition coefficient (Wildman–Crippen LogP) is 3.74. The molecule has 0 unspecified atom stereocenters. The van der Waals surface area contributed by atoms with Crippen LogP contribution in [0, 0.1) is 19.8 Å². The van der Waals surface area contributed by atoms with E-state index in [1.165, 1.54) is 0 Å². The molecule has 1 fully saturated rings. The predicted molar refractivity (Wildman–Crippen MR) is 102 cm³/mol. The quantitative estimate of drug-likeness (QED) is 0.665. The summed E-state index contributed by atoms with van der Waals surface area (Å²) in [5.41, 5.74) is 3.89. The third-order valence-corrected chi connectivity index (χ3v) is 4.83. The number of aryl methyl sites for hydroxylation is 2. The second-order valence-corrected chi connectivity index (χ2v) is 6.86. The Hall–Kier alpha value is -3.02. The normalized spacial score (nSPS) is 18.2. The van der Waals surface area contributed by atoms with Gasteiger partial charge >= 0.3 is 0 Å². The number of aromatic nitrogens is 4. The Kier molecular flexibility index (Phi) is 4.71. The van der Waals surface area contributed by atoms with E-state index in [9.17, 15) is 0 Å². The van der Waals surface area contributed by atoms with E-state index in [1.54, 1.807) is 19.5 Å². The fourth-order valence-corrected chi connectivity index (χ4v) is 3.10. The first-order chi connectivity index (χ1) is 13.1. The van der Waals surface area contributed by atoms with Gasteiger partial charge in [-0.05, 0) is 38.5 Å². The first-order valence-corrected chi connectivity index (χ1v) is 9.03. The number of methoxy groups -OCH3 is 1. The van der Waals surface area contributed by atoms with Crippen LogP contribution in [0.15, 0.2) is 42.9 Å². The Morgan fingerprint density at radius 2 is 1.89 bits per heavy atom. The summed E-state index contributed by atoms with van der Waals surface area (Å²) < 4.78 is 11.3. The molecule has 1 aliphatic carbocycles. The van der Waals surface area contributed by atoms with Gasteiger partial charge in [0, 0.05) is 41.2 Å². The van der Waals surface area contributed by atoms with E-state index in [-0.39, 0.29) is 0 Å². The Bertz CT molecular complexity index is 926. The van der Waals surface area contributed by atoms with Crippen molar-refractivity contribution in [3.8, 4) is 22.8 Å². The Balaban J connectivity index is 1.45. The number of rotatable bonds is 6. The second kappa shape index (κ2) is 7.31. The van der Waals surface area contributed by atoms with Gasteiger partial charge in [0.1, 0.15) is 11.6 Å². The molecule has 27 heavy (non-hydrogen) atoms. The van der Waals surface area contributed by atoms with Crippen molar-refractivity contribution in [2.45, 2.75) is 26.2 Å². The summed E-state index contributed by atoms with van der Waals surface area (Å²) >= 11 is 0. The van der Waals surface area contributed by atoms with Gasteiger partial charge in [0.05, 0.1) is 25.5 Å². The summed E-state index contributed by atoms with van der Waals surface area (Å²) in [5, 5.41) is 0. The van der Waals surface area contributed by atoms with Gasteiger partial charge in [-0.15, -0.1) is 0 Å². The highest BCUT2D eigenvalue weighted by atomic mass is 16.5. The van der Waals surface area contributed by atoms with Crippen molar-refractivity contribution in [1.29, 1.82) is 0 Å². The summed E-state index contributed by atoms with van der Waals surface area (Å²) in [5.74, 6) is 2.97. The minimum Gasteiger partial charge on any atom is -0.495 e. The third kappa shape index (κ3) is 3.89. The van der Waals surface area contributed by atoms with Crippen LogP contribution >= 0.6 is 0 Å².